The van der Waals surface area contributed by atoms with Gasteiger partial charge in [-0.05, 0) is 36.6 Å². The summed E-state index contributed by atoms with van der Waals surface area (Å²) in [6.07, 6.45) is 3.77. The Morgan fingerprint density at radius 3 is 2.16 bits per heavy atom. The first-order chi connectivity index (χ1) is 15.4. The number of benzene rings is 2. The molecule has 1 amide bonds. The molecule has 2 saturated heterocycles. The van der Waals surface area contributed by atoms with Gasteiger partial charge in [-0.15, -0.1) is 0 Å². The summed E-state index contributed by atoms with van der Waals surface area (Å²) in [6.45, 7) is 4.66. The van der Waals surface area contributed by atoms with E-state index in [0.29, 0.717) is 31.7 Å². The fraction of sp³-hybridized carbons (Fsp3) is 0.458. The number of nitrogens with zero attached hydrogens (tertiary/aromatic N) is 3. The monoisotopic (exact) mass is 475 g/mol. The molecule has 2 aliphatic rings. The maximum absolute atomic E-state index is 13.2. The number of amides is 1. The van der Waals surface area contributed by atoms with Crippen molar-refractivity contribution in [2.75, 3.05) is 39.3 Å². The minimum absolute atomic E-state index is 0.0367. The van der Waals surface area contributed by atoms with Crippen LogP contribution in [0.15, 0.2) is 53.4 Å². The Balaban J connectivity index is 1.44. The first kappa shape index (κ1) is 23.2. The van der Waals surface area contributed by atoms with E-state index in [1.165, 1.54) is 22.0 Å². The van der Waals surface area contributed by atoms with Crippen LogP contribution in [-0.4, -0.2) is 67.7 Å². The number of rotatable bonds is 5. The topological polar surface area (TPSA) is 60.9 Å². The van der Waals surface area contributed by atoms with Crippen LogP contribution in [0.25, 0.3) is 0 Å². The summed E-state index contributed by atoms with van der Waals surface area (Å²) < 4.78 is 28.0. The van der Waals surface area contributed by atoms with E-state index in [1.807, 2.05) is 18.2 Å². The van der Waals surface area contributed by atoms with E-state index in [0.717, 1.165) is 45.3 Å². The molecule has 0 aliphatic carbocycles. The molecule has 0 saturated carbocycles. The normalized spacial score (nSPS) is 19.0. The van der Waals surface area contributed by atoms with Crippen LogP contribution in [0, 0.1) is 0 Å². The molecule has 6 nitrogen and oxygen atoms in total. The Labute approximate surface area is 195 Å². The van der Waals surface area contributed by atoms with Crippen molar-refractivity contribution in [2.45, 2.75) is 37.1 Å². The Bertz CT molecular complexity index is 1030. The number of piperazine rings is 1. The maximum atomic E-state index is 13.2. The van der Waals surface area contributed by atoms with Gasteiger partial charge in [-0.1, -0.05) is 54.8 Å². The van der Waals surface area contributed by atoms with Crippen molar-refractivity contribution in [1.29, 1.82) is 0 Å². The van der Waals surface area contributed by atoms with Crippen LogP contribution in [0.1, 0.15) is 41.6 Å². The van der Waals surface area contributed by atoms with Gasteiger partial charge < -0.3 is 4.90 Å². The Morgan fingerprint density at radius 1 is 0.844 bits per heavy atom. The standard InChI is InChI=1S/C24H30ClN3O3S/c25-22-11-10-21(18-23(22)32(30,31)28-12-6-1-2-7-13-28)24(29)27-16-14-26(15-17-27)19-20-8-4-3-5-9-20/h3-5,8-11,18H,1-2,6-7,12-17,19H2. The Morgan fingerprint density at radius 2 is 1.50 bits per heavy atom. The first-order valence-corrected chi connectivity index (χ1v) is 13.1. The minimum atomic E-state index is -3.72. The zero-order chi connectivity index (χ0) is 22.6. The third-order valence-corrected chi connectivity index (χ3v) is 8.65. The van der Waals surface area contributed by atoms with Crippen LogP contribution < -0.4 is 0 Å². The number of hydrogen-bond donors (Lipinski definition) is 0. The second kappa shape index (κ2) is 10.3. The van der Waals surface area contributed by atoms with E-state index in [4.69, 9.17) is 11.6 Å². The summed E-state index contributed by atoms with van der Waals surface area (Å²) in [6, 6.07) is 14.9. The van der Waals surface area contributed by atoms with Gasteiger partial charge in [-0.2, -0.15) is 4.31 Å². The van der Waals surface area contributed by atoms with E-state index in [-0.39, 0.29) is 15.8 Å². The summed E-state index contributed by atoms with van der Waals surface area (Å²) >= 11 is 6.29. The molecule has 2 aromatic rings. The number of sulfonamides is 1. The molecule has 172 valence electrons. The van der Waals surface area contributed by atoms with Gasteiger partial charge in [-0.25, -0.2) is 8.42 Å². The van der Waals surface area contributed by atoms with Gasteiger partial charge in [0.2, 0.25) is 10.0 Å². The fourth-order valence-electron chi connectivity index (χ4n) is 4.39. The van der Waals surface area contributed by atoms with Crippen molar-refractivity contribution in [2.24, 2.45) is 0 Å². The van der Waals surface area contributed by atoms with Gasteiger partial charge in [0, 0.05) is 51.4 Å². The Kier molecular flexibility index (Phi) is 7.51. The van der Waals surface area contributed by atoms with Crippen LogP contribution in [-0.2, 0) is 16.6 Å². The molecule has 32 heavy (non-hydrogen) atoms. The van der Waals surface area contributed by atoms with Gasteiger partial charge >= 0.3 is 0 Å². The molecule has 4 rings (SSSR count). The van der Waals surface area contributed by atoms with Gasteiger partial charge in [-0.3, -0.25) is 9.69 Å². The number of carbonyl (C=O) groups excluding carboxylic acids is 1. The number of hydrogen-bond acceptors (Lipinski definition) is 4. The van der Waals surface area contributed by atoms with E-state index >= 15 is 0 Å². The van der Waals surface area contributed by atoms with Gasteiger partial charge in [0.1, 0.15) is 4.90 Å². The van der Waals surface area contributed by atoms with Crippen LogP contribution in [0.4, 0.5) is 0 Å². The molecule has 0 N–H and O–H groups in total. The lowest BCUT2D eigenvalue weighted by molar-refractivity contribution is 0.0628. The van der Waals surface area contributed by atoms with Crippen LogP contribution in [0.2, 0.25) is 5.02 Å². The van der Waals surface area contributed by atoms with Crippen molar-refractivity contribution in [3.63, 3.8) is 0 Å². The molecule has 0 radical (unpaired) electrons. The van der Waals surface area contributed by atoms with Crippen LogP contribution in [0.5, 0.6) is 0 Å². The molecule has 0 spiro atoms. The second-order valence-corrected chi connectivity index (χ2v) is 10.8. The van der Waals surface area contributed by atoms with Crippen molar-refractivity contribution >= 4 is 27.5 Å². The largest absolute Gasteiger partial charge is 0.336 e. The van der Waals surface area contributed by atoms with Gasteiger partial charge in [0.05, 0.1) is 5.02 Å². The number of carbonyl (C=O) groups is 1. The highest BCUT2D eigenvalue weighted by atomic mass is 35.5. The zero-order valence-corrected chi connectivity index (χ0v) is 19.8. The van der Waals surface area contributed by atoms with E-state index in [2.05, 4.69) is 17.0 Å². The lowest BCUT2D eigenvalue weighted by Gasteiger charge is -2.35. The van der Waals surface area contributed by atoms with Crippen LogP contribution >= 0.6 is 11.6 Å². The quantitative estimate of drug-likeness (QED) is 0.658. The molecule has 2 heterocycles. The molecule has 0 atom stereocenters. The predicted octanol–water partition coefficient (Wildman–Crippen LogP) is 3.86. The molecule has 2 fully saturated rings. The third-order valence-electron chi connectivity index (χ3n) is 6.27. The molecule has 0 bridgehead atoms. The summed E-state index contributed by atoms with van der Waals surface area (Å²) in [7, 11) is -3.72. The second-order valence-electron chi connectivity index (χ2n) is 8.52. The third kappa shape index (κ3) is 5.34. The molecule has 0 unspecified atom stereocenters. The lowest BCUT2D eigenvalue weighted by atomic mass is 10.1. The van der Waals surface area contributed by atoms with E-state index in [9.17, 15) is 13.2 Å². The SMILES string of the molecule is O=C(c1ccc(Cl)c(S(=O)(=O)N2CCCCCC2)c1)N1CCN(Cc2ccccc2)CC1. The zero-order valence-electron chi connectivity index (χ0n) is 18.2. The summed E-state index contributed by atoms with van der Waals surface area (Å²) in [4.78, 5) is 17.3. The lowest BCUT2D eigenvalue weighted by Crippen LogP contribution is -2.48. The van der Waals surface area contributed by atoms with Gasteiger partial charge in [0.15, 0.2) is 0 Å². The van der Waals surface area contributed by atoms with Gasteiger partial charge in [0.25, 0.3) is 5.91 Å². The minimum Gasteiger partial charge on any atom is -0.336 e. The highest BCUT2D eigenvalue weighted by Crippen LogP contribution is 2.28. The highest BCUT2D eigenvalue weighted by molar-refractivity contribution is 7.89. The Hall–Kier alpha value is -1.93. The average molecular weight is 476 g/mol. The molecule has 2 aromatic carbocycles. The summed E-state index contributed by atoms with van der Waals surface area (Å²) in [5.41, 5.74) is 1.63. The molecular weight excluding hydrogens is 446 g/mol. The van der Waals surface area contributed by atoms with Crippen molar-refractivity contribution in [3.8, 4) is 0 Å². The maximum Gasteiger partial charge on any atom is 0.253 e. The van der Waals surface area contributed by atoms with E-state index < -0.39 is 10.0 Å². The van der Waals surface area contributed by atoms with Crippen LogP contribution in [0.3, 0.4) is 0 Å². The molecule has 0 aromatic heterocycles. The predicted molar refractivity (Wildman–Crippen MR) is 126 cm³/mol. The van der Waals surface area contributed by atoms with E-state index in [1.54, 1.807) is 11.0 Å². The first-order valence-electron chi connectivity index (χ1n) is 11.3. The highest BCUT2D eigenvalue weighted by Gasteiger charge is 2.29. The van der Waals surface area contributed by atoms with Crippen molar-refractivity contribution < 1.29 is 13.2 Å². The fourth-order valence-corrected chi connectivity index (χ4v) is 6.41. The molecular formula is C24H30ClN3O3S. The summed E-state index contributed by atoms with van der Waals surface area (Å²) in [5, 5.41) is 0.165. The summed E-state index contributed by atoms with van der Waals surface area (Å²) in [5.74, 6) is -0.145. The smallest absolute Gasteiger partial charge is 0.253 e. The number of halogens is 1. The van der Waals surface area contributed by atoms with Crippen molar-refractivity contribution in [3.05, 3.63) is 64.7 Å². The average Bonchev–Trinajstić information content (AvgIpc) is 3.10. The van der Waals surface area contributed by atoms with Crippen molar-refractivity contribution in [1.82, 2.24) is 14.1 Å². The molecule has 2 aliphatic heterocycles. The molecule has 8 heteroatoms.